The zero-order chi connectivity index (χ0) is 13.9. The molecular formula is C14H10N2O3S. The first kappa shape index (κ1) is 12.6. The lowest BCUT2D eigenvalue weighted by atomic mass is 10.3. The predicted octanol–water partition coefficient (Wildman–Crippen LogP) is 2.29. The molecule has 20 heavy (non-hydrogen) atoms. The van der Waals surface area contributed by atoms with E-state index in [0.29, 0.717) is 4.73 Å². The van der Waals surface area contributed by atoms with E-state index in [2.05, 4.69) is 4.98 Å². The second-order valence-electron chi connectivity index (χ2n) is 4.10. The third kappa shape index (κ3) is 2.60. The van der Waals surface area contributed by atoms with Crippen molar-refractivity contribution in [3.05, 3.63) is 64.6 Å². The lowest BCUT2D eigenvalue weighted by molar-refractivity contribution is -0.605. The number of fused-ring (bicyclic) bond motifs is 1. The fourth-order valence-corrected chi connectivity index (χ4v) is 2.65. The second-order valence-corrected chi connectivity index (χ2v) is 5.22. The molecule has 0 unspecified atom stereocenters. The standard InChI is InChI=1S/C14H10N2O3S/c17-14(10-4-3-7-16(18)8-10)19-9-13-15-11-5-1-2-6-12(11)20-13/h1-8H,9H2. The smallest absolute Gasteiger partial charge is 0.344 e. The molecule has 3 rings (SSSR count). The molecule has 6 heteroatoms. The summed E-state index contributed by atoms with van der Waals surface area (Å²) < 4.78 is 6.77. The number of esters is 1. The molecule has 0 amide bonds. The number of para-hydroxylation sites is 1. The van der Waals surface area contributed by atoms with Gasteiger partial charge in [-0.2, -0.15) is 4.73 Å². The maximum Gasteiger partial charge on any atom is 0.344 e. The molecule has 0 fully saturated rings. The number of aromatic nitrogens is 2. The van der Waals surface area contributed by atoms with Gasteiger partial charge in [-0.3, -0.25) is 0 Å². The molecular weight excluding hydrogens is 276 g/mol. The average molecular weight is 286 g/mol. The molecule has 0 aliphatic heterocycles. The van der Waals surface area contributed by atoms with E-state index in [-0.39, 0.29) is 12.2 Å². The molecule has 0 saturated carbocycles. The molecule has 0 saturated heterocycles. The molecule has 5 nitrogen and oxygen atoms in total. The van der Waals surface area contributed by atoms with E-state index >= 15 is 0 Å². The summed E-state index contributed by atoms with van der Waals surface area (Å²) in [6.07, 6.45) is 2.49. The Kier molecular flexibility index (Phi) is 3.30. The normalized spacial score (nSPS) is 10.6. The first-order valence-electron chi connectivity index (χ1n) is 5.93. The van der Waals surface area contributed by atoms with Gasteiger partial charge in [-0.25, -0.2) is 9.78 Å². The van der Waals surface area contributed by atoms with E-state index < -0.39 is 5.97 Å². The van der Waals surface area contributed by atoms with Crippen molar-refractivity contribution in [1.82, 2.24) is 4.98 Å². The molecule has 0 aliphatic rings. The molecule has 2 aromatic heterocycles. The Hall–Kier alpha value is -2.47. The van der Waals surface area contributed by atoms with Crippen LogP contribution in [-0.4, -0.2) is 11.0 Å². The number of pyridine rings is 1. The van der Waals surface area contributed by atoms with Gasteiger partial charge >= 0.3 is 5.97 Å². The highest BCUT2D eigenvalue weighted by Gasteiger charge is 2.12. The number of carbonyl (C=O) groups excluding carboxylic acids is 1. The molecule has 3 aromatic rings. The summed E-state index contributed by atoms with van der Waals surface area (Å²) in [7, 11) is 0. The summed E-state index contributed by atoms with van der Waals surface area (Å²) in [6.45, 7) is 0.103. The van der Waals surface area contributed by atoms with Crippen molar-refractivity contribution in [3.8, 4) is 0 Å². The molecule has 0 aliphatic carbocycles. The van der Waals surface area contributed by atoms with Crippen LogP contribution in [0.1, 0.15) is 15.4 Å². The first-order chi connectivity index (χ1) is 9.72. The molecule has 1 aromatic carbocycles. The maximum atomic E-state index is 11.8. The van der Waals surface area contributed by atoms with Gasteiger partial charge in [0.1, 0.15) is 17.2 Å². The van der Waals surface area contributed by atoms with Gasteiger partial charge in [0.2, 0.25) is 0 Å². The molecule has 0 N–H and O–H groups in total. The van der Waals surface area contributed by atoms with Gasteiger partial charge in [0, 0.05) is 6.07 Å². The topological polar surface area (TPSA) is 66.1 Å². The van der Waals surface area contributed by atoms with E-state index in [1.54, 1.807) is 0 Å². The summed E-state index contributed by atoms with van der Waals surface area (Å²) in [5.41, 5.74) is 1.12. The zero-order valence-electron chi connectivity index (χ0n) is 10.4. The number of hydrogen-bond acceptors (Lipinski definition) is 5. The average Bonchev–Trinajstić information content (AvgIpc) is 2.87. The van der Waals surface area contributed by atoms with E-state index in [0.717, 1.165) is 15.2 Å². The van der Waals surface area contributed by atoms with Crippen LogP contribution in [0.25, 0.3) is 10.2 Å². The Labute approximate surface area is 118 Å². The number of hydrogen-bond donors (Lipinski definition) is 0. The number of rotatable bonds is 3. The second kappa shape index (κ2) is 5.26. The van der Waals surface area contributed by atoms with Crippen molar-refractivity contribution < 1.29 is 14.3 Å². The highest BCUT2D eigenvalue weighted by molar-refractivity contribution is 7.18. The van der Waals surface area contributed by atoms with Gasteiger partial charge < -0.3 is 9.94 Å². The number of carbonyl (C=O) groups is 1. The number of thiazole rings is 1. The summed E-state index contributed by atoms with van der Waals surface area (Å²) in [5.74, 6) is -0.533. The van der Waals surface area contributed by atoms with E-state index in [1.165, 1.54) is 35.9 Å². The fourth-order valence-electron chi connectivity index (χ4n) is 1.77. The lowest BCUT2D eigenvalue weighted by Gasteiger charge is -2.02. The van der Waals surface area contributed by atoms with Crippen LogP contribution in [0.2, 0.25) is 0 Å². The number of nitrogens with zero attached hydrogens (tertiary/aromatic N) is 2. The first-order valence-corrected chi connectivity index (χ1v) is 6.74. The minimum atomic E-state index is -0.533. The summed E-state index contributed by atoms with van der Waals surface area (Å²) in [6, 6.07) is 10.8. The Balaban J connectivity index is 1.71. The molecule has 0 atom stereocenters. The van der Waals surface area contributed by atoms with E-state index in [1.807, 2.05) is 24.3 Å². The summed E-state index contributed by atoms with van der Waals surface area (Å²) >= 11 is 1.48. The van der Waals surface area contributed by atoms with Crippen molar-refractivity contribution >= 4 is 27.5 Å². The van der Waals surface area contributed by atoms with Crippen molar-refractivity contribution in [2.24, 2.45) is 0 Å². The molecule has 0 bridgehead atoms. The number of benzene rings is 1. The van der Waals surface area contributed by atoms with Gasteiger partial charge in [0.25, 0.3) is 0 Å². The maximum absolute atomic E-state index is 11.8. The SMILES string of the molecule is O=C(OCc1nc2ccccc2s1)c1ccc[n+]([O-])c1. The van der Waals surface area contributed by atoms with Crippen LogP contribution >= 0.6 is 11.3 Å². The quantitative estimate of drug-likeness (QED) is 0.421. The third-order valence-electron chi connectivity index (χ3n) is 2.68. The Morgan fingerprint density at radius 2 is 2.15 bits per heavy atom. The van der Waals surface area contributed by atoms with Gasteiger partial charge in [-0.05, 0) is 18.2 Å². The minimum absolute atomic E-state index is 0.103. The Bertz CT molecular complexity index is 737. The highest BCUT2D eigenvalue weighted by Crippen LogP contribution is 2.22. The predicted molar refractivity (Wildman–Crippen MR) is 74.1 cm³/mol. The van der Waals surface area contributed by atoms with Crippen LogP contribution in [0.5, 0.6) is 0 Å². The van der Waals surface area contributed by atoms with Crippen molar-refractivity contribution in [3.63, 3.8) is 0 Å². The molecule has 2 heterocycles. The fraction of sp³-hybridized carbons (Fsp3) is 0.0714. The van der Waals surface area contributed by atoms with Crippen molar-refractivity contribution in [2.45, 2.75) is 6.61 Å². The Morgan fingerprint density at radius 3 is 2.95 bits per heavy atom. The number of ether oxygens (including phenoxy) is 1. The van der Waals surface area contributed by atoms with E-state index in [9.17, 15) is 10.0 Å². The Morgan fingerprint density at radius 1 is 1.30 bits per heavy atom. The molecule has 0 radical (unpaired) electrons. The van der Waals surface area contributed by atoms with Crippen LogP contribution in [-0.2, 0) is 11.3 Å². The van der Waals surface area contributed by atoms with Gasteiger partial charge in [0.15, 0.2) is 12.4 Å². The van der Waals surface area contributed by atoms with Crippen LogP contribution in [0.3, 0.4) is 0 Å². The lowest BCUT2D eigenvalue weighted by Crippen LogP contribution is -2.26. The van der Waals surface area contributed by atoms with Crippen LogP contribution in [0.4, 0.5) is 0 Å². The largest absolute Gasteiger partial charge is 0.619 e. The summed E-state index contributed by atoms with van der Waals surface area (Å²) in [5, 5.41) is 11.8. The van der Waals surface area contributed by atoms with Crippen LogP contribution in [0.15, 0.2) is 48.8 Å². The highest BCUT2D eigenvalue weighted by atomic mass is 32.1. The van der Waals surface area contributed by atoms with Crippen molar-refractivity contribution in [2.75, 3.05) is 0 Å². The van der Waals surface area contributed by atoms with E-state index in [4.69, 9.17) is 4.74 Å². The molecule has 100 valence electrons. The van der Waals surface area contributed by atoms with Crippen LogP contribution in [0, 0.1) is 5.21 Å². The monoisotopic (exact) mass is 286 g/mol. The van der Waals surface area contributed by atoms with Gasteiger partial charge in [-0.1, -0.05) is 12.1 Å². The minimum Gasteiger partial charge on any atom is -0.619 e. The third-order valence-corrected chi connectivity index (χ3v) is 3.69. The van der Waals surface area contributed by atoms with Crippen LogP contribution < -0.4 is 4.73 Å². The zero-order valence-corrected chi connectivity index (χ0v) is 11.2. The van der Waals surface area contributed by atoms with Gasteiger partial charge in [-0.15, -0.1) is 11.3 Å². The molecule has 0 spiro atoms. The van der Waals surface area contributed by atoms with Gasteiger partial charge in [0.05, 0.1) is 10.2 Å². The van der Waals surface area contributed by atoms with Crippen molar-refractivity contribution in [1.29, 1.82) is 0 Å². The summed E-state index contributed by atoms with van der Waals surface area (Å²) in [4.78, 5) is 16.2.